The van der Waals surface area contributed by atoms with Crippen molar-refractivity contribution in [3.63, 3.8) is 0 Å². The molecule has 2 atom stereocenters. The summed E-state index contributed by atoms with van der Waals surface area (Å²) >= 11 is 5.76. The summed E-state index contributed by atoms with van der Waals surface area (Å²) in [5.74, 6) is 0.598. The van der Waals surface area contributed by atoms with Gasteiger partial charge in [-0.2, -0.15) is 0 Å². The van der Waals surface area contributed by atoms with Crippen molar-refractivity contribution in [1.82, 2.24) is 10.3 Å². The first-order valence-corrected chi connectivity index (χ1v) is 8.54. The van der Waals surface area contributed by atoms with E-state index >= 15 is 0 Å². The summed E-state index contributed by atoms with van der Waals surface area (Å²) in [5, 5.41) is 3.74. The normalized spacial score (nSPS) is 21.3. The fourth-order valence-corrected chi connectivity index (χ4v) is 3.19. The molecule has 0 spiro atoms. The second-order valence-electron chi connectivity index (χ2n) is 4.82. The zero-order valence-corrected chi connectivity index (χ0v) is 12.2. The van der Waals surface area contributed by atoms with Gasteiger partial charge in [0.1, 0.15) is 6.10 Å². The van der Waals surface area contributed by atoms with Gasteiger partial charge in [-0.15, -0.1) is 0 Å². The molecule has 1 aromatic rings. The van der Waals surface area contributed by atoms with Crippen molar-refractivity contribution in [3.8, 4) is 5.88 Å². The van der Waals surface area contributed by atoms with Crippen LogP contribution in [0.25, 0.3) is 0 Å². The highest BCUT2D eigenvalue weighted by Crippen LogP contribution is 2.21. The van der Waals surface area contributed by atoms with Crippen LogP contribution in [0.3, 0.4) is 0 Å². The molecular weight excluding hydrogens is 288 g/mol. The lowest BCUT2D eigenvalue weighted by Crippen LogP contribution is -2.35. The third kappa shape index (κ3) is 4.63. The number of aromatic nitrogens is 1. The van der Waals surface area contributed by atoms with Crippen LogP contribution in [0.2, 0.25) is 5.02 Å². The van der Waals surface area contributed by atoms with E-state index in [-0.39, 0.29) is 17.8 Å². The Bertz CT molecular complexity index is 512. The molecule has 0 unspecified atom stereocenters. The molecule has 0 bridgehead atoms. The van der Waals surface area contributed by atoms with E-state index in [4.69, 9.17) is 16.3 Å². The minimum Gasteiger partial charge on any atom is -0.473 e. The maximum atomic E-state index is 11.5. The summed E-state index contributed by atoms with van der Waals surface area (Å²) in [6, 6.07) is 3.33. The Balaban J connectivity index is 2.10. The van der Waals surface area contributed by atoms with E-state index in [0.717, 1.165) is 19.5 Å². The van der Waals surface area contributed by atoms with E-state index in [9.17, 15) is 8.42 Å². The molecule has 5 nitrogen and oxygen atoms in total. The highest BCUT2D eigenvalue weighted by molar-refractivity contribution is 7.90. The lowest BCUT2D eigenvalue weighted by molar-refractivity contribution is 0.157. The Morgan fingerprint density at radius 1 is 1.58 bits per heavy atom. The molecule has 2 heterocycles. The first-order valence-electron chi connectivity index (χ1n) is 6.11. The molecule has 19 heavy (non-hydrogen) atoms. The SMILES string of the molecule is CS(=O)(=O)C[C@H](Oc1ccc(Cl)cn1)[C@H]1CCNC1. The first-order chi connectivity index (χ1) is 8.94. The van der Waals surface area contributed by atoms with E-state index in [1.807, 2.05) is 0 Å². The average molecular weight is 305 g/mol. The number of halogens is 1. The third-order valence-corrected chi connectivity index (χ3v) is 4.22. The number of hydrogen-bond acceptors (Lipinski definition) is 5. The van der Waals surface area contributed by atoms with Crippen LogP contribution in [0.1, 0.15) is 6.42 Å². The van der Waals surface area contributed by atoms with Crippen LogP contribution in [-0.4, -0.2) is 44.6 Å². The maximum Gasteiger partial charge on any atom is 0.213 e. The summed E-state index contributed by atoms with van der Waals surface area (Å²) in [6.07, 6.45) is 3.24. The van der Waals surface area contributed by atoms with Gasteiger partial charge >= 0.3 is 0 Å². The molecule has 1 aliphatic heterocycles. The van der Waals surface area contributed by atoms with E-state index in [2.05, 4.69) is 10.3 Å². The van der Waals surface area contributed by atoms with Crippen LogP contribution in [0, 0.1) is 5.92 Å². The molecule has 0 radical (unpaired) electrons. The van der Waals surface area contributed by atoms with Gasteiger partial charge in [0, 0.05) is 31.0 Å². The fraction of sp³-hybridized carbons (Fsp3) is 0.583. The Hall–Kier alpha value is -0.850. The van der Waals surface area contributed by atoms with Gasteiger partial charge < -0.3 is 10.1 Å². The van der Waals surface area contributed by atoms with Crippen LogP contribution in [0.15, 0.2) is 18.3 Å². The van der Waals surface area contributed by atoms with Crippen molar-refractivity contribution in [2.75, 3.05) is 25.1 Å². The lowest BCUT2D eigenvalue weighted by atomic mass is 10.0. The van der Waals surface area contributed by atoms with Gasteiger partial charge in [0.05, 0.1) is 10.8 Å². The molecule has 1 N–H and O–H groups in total. The lowest BCUT2D eigenvalue weighted by Gasteiger charge is -2.23. The largest absolute Gasteiger partial charge is 0.473 e. The molecule has 1 saturated heterocycles. The minimum absolute atomic E-state index is 0.00362. The van der Waals surface area contributed by atoms with Gasteiger partial charge in [0.25, 0.3) is 0 Å². The first kappa shape index (κ1) is 14.6. The number of sulfone groups is 1. The van der Waals surface area contributed by atoms with E-state index in [1.165, 1.54) is 12.5 Å². The topological polar surface area (TPSA) is 68.3 Å². The van der Waals surface area contributed by atoms with Crippen LogP contribution in [0.4, 0.5) is 0 Å². The predicted octanol–water partition coefficient (Wildman–Crippen LogP) is 1.14. The summed E-state index contributed by atoms with van der Waals surface area (Å²) in [7, 11) is -3.10. The molecule has 0 amide bonds. The fourth-order valence-electron chi connectivity index (χ4n) is 2.15. The van der Waals surface area contributed by atoms with Gasteiger partial charge in [0.2, 0.25) is 5.88 Å². The predicted molar refractivity (Wildman–Crippen MR) is 74.4 cm³/mol. The molecule has 1 aliphatic rings. The van der Waals surface area contributed by atoms with E-state index in [0.29, 0.717) is 10.9 Å². The Morgan fingerprint density at radius 2 is 2.37 bits per heavy atom. The summed E-state index contributed by atoms with van der Waals surface area (Å²) < 4.78 is 28.7. The second-order valence-corrected chi connectivity index (χ2v) is 7.44. The average Bonchev–Trinajstić information content (AvgIpc) is 2.83. The van der Waals surface area contributed by atoms with Crippen molar-refractivity contribution in [2.45, 2.75) is 12.5 Å². The van der Waals surface area contributed by atoms with Gasteiger partial charge in [-0.1, -0.05) is 11.6 Å². The molecule has 0 saturated carbocycles. The highest BCUT2D eigenvalue weighted by atomic mass is 35.5. The summed E-state index contributed by atoms with van der Waals surface area (Å²) in [4.78, 5) is 4.05. The molecule has 1 fully saturated rings. The standard InChI is InChI=1S/C12H17ClN2O3S/c1-19(16,17)8-11(9-4-5-14-6-9)18-12-3-2-10(13)7-15-12/h2-3,7,9,11,14H,4-6,8H2,1H3/t9-,11-/m0/s1. The molecule has 0 aromatic carbocycles. The van der Waals surface area contributed by atoms with Crippen molar-refractivity contribution in [3.05, 3.63) is 23.4 Å². The van der Waals surface area contributed by atoms with Crippen molar-refractivity contribution < 1.29 is 13.2 Å². The van der Waals surface area contributed by atoms with Crippen molar-refractivity contribution >= 4 is 21.4 Å². The van der Waals surface area contributed by atoms with Crippen LogP contribution < -0.4 is 10.1 Å². The monoisotopic (exact) mass is 304 g/mol. The van der Waals surface area contributed by atoms with Gasteiger partial charge in [-0.25, -0.2) is 13.4 Å². The summed E-state index contributed by atoms with van der Waals surface area (Å²) in [5.41, 5.74) is 0. The van der Waals surface area contributed by atoms with Crippen molar-refractivity contribution in [1.29, 1.82) is 0 Å². The Morgan fingerprint density at radius 3 is 2.89 bits per heavy atom. The molecular formula is C12H17ClN2O3S. The maximum absolute atomic E-state index is 11.5. The molecule has 7 heteroatoms. The van der Waals surface area contributed by atoms with Crippen LogP contribution in [0.5, 0.6) is 5.88 Å². The second kappa shape index (κ2) is 6.07. The summed E-state index contributed by atoms with van der Waals surface area (Å²) in [6.45, 7) is 1.66. The number of ether oxygens (including phenoxy) is 1. The Labute approximate surface area is 118 Å². The molecule has 1 aromatic heterocycles. The molecule has 2 rings (SSSR count). The third-order valence-electron chi connectivity index (χ3n) is 3.06. The number of rotatable bonds is 5. The van der Waals surface area contributed by atoms with Gasteiger partial charge in [-0.05, 0) is 19.0 Å². The number of pyridine rings is 1. The van der Waals surface area contributed by atoms with Crippen LogP contribution >= 0.6 is 11.6 Å². The number of hydrogen-bond donors (Lipinski definition) is 1. The van der Waals surface area contributed by atoms with E-state index in [1.54, 1.807) is 12.1 Å². The van der Waals surface area contributed by atoms with Gasteiger partial charge in [-0.3, -0.25) is 0 Å². The number of nitrogens with zero attached hydrogens (tertiary/aromatic N) is 1. The zero-order valence-electron chi connectivity index (χ0n) is 10.7. The number of nitrogens with one attached hydrogen (secondary N) is 1. The zero-order chi connectivity index (χ0) is 13.9. The molecule has 106 valence electrons. The Kier molecular flexibility index (Phi) is 4.65. The molecule has 0 aliphatic carbocycles. The van der Waals surface area contributed by atoms with Crippen LogP contribution in [-0.2, 0) is 9.84 Å². The quantitative estimate of drug-likeness (QED) is 0.883. The minimum atomic E-state index is -3.10. The van der Waals surface area contributed by atoms with Crippen molar-refractivity contribution in [2.24, 2.45) is 5.92 Å². The van der Waals surface area contributed by atoms with E-state index < -0.39 is 9.84 Å². The smallest absolute Gasteiger partial charge is 0.213 e. The van der Waals surface area contributed by atoms with Gasteiger partial charge in [0.15, 0.2) is 9.84 Å². The highest BCUT2D eigenvalue weighted by Gasteiger charge is 2.29.